The van der Waals surface area contributed by atoms with Crippen molar-refractivity contribution in [2.45, 2.75) is 25.2 Å². The summed E-state index contributed by atoms with van der Waals surface area (Å²) in [5.74, 6) is 0.644. The largest absolute Gasteiger partial charge is 0.356 e. The van der Waals surface area contributed by atoms with Crippen LogP contribution in [-0.2, 0) is 16.0 Å². The monoisotopic (exact) mass is 533 g/mol. The number of halogens is 1. The van der Waals surface area contributed by atoms with Crippen molar-refractivity contribution in [3.8, 4) is 0 Å². The predicted molar refractivity (Wildman–Crippen MR) is 134 cm³/mol. The van der Waals surface area contributed by atoms with E-state index in [0.29, 0.717) is 18.9 Å². The Morgan fingerprint density at radius 3 is 2.77 bits per heavy atom. The Morgan fingerprint density at radius 1 is 1.16 bits per heavy atom. The van der Waals surface area contributed by atoms with Gasteiger partial charge in [0.05, 0.1) is 6.54 Å². The zero-order chi connectivity index (χ0) is 20.9. The summed E-state index contributed by atoms with van der Waals surface area (Å²) < 4.78 is 0. The molecule has 164 valence electrons. The molecule has 2 aliphatic heterocycles. The van der Waals surface area contributed by atoms with E-state index in [2.05, 4.69) is 27.0 Å². The molecule has 0 fully saturated rings. The molecule has 0 bridgehead atoms. The van der Waals surface area contributed by atoms with Gasteiger partial charge in [0.2, 0.25) is 11.8 Å². The van der Waals surface area contributed by atoms with Crippen LogP contribution in [0.15, 0.2) is 53.5 Å². The molecule has 1 atom stereocenters. The average molecular weight is 533 g/mol. The zero-order valence-corrected chi connectivity index (χ0v) is 19.9. The Bertz CT molecular complexity index is 978. The maximum atomic E-state index is 12.8. The van der Waals surface area contributed by atoms with Crippen LogP contribution in [0.1, 0.15) is 29.9 Å². The van der Waals surface area contributed by atoms with Gasteiger partial charge in [0.15, 0.2) is 5.96 Å². The number of fused-ring (bicyclic) bond motifs is 2. The van der Waals surface area contributed by atoms with Crippen LogP contribution in [0.5, 0.6) is 0 Å². The number of benzene rings is 2. The number of amides is 2. The van der Waals surface area contributed by atoms with Crippen molar-refractivity contribution in [1.82, 2.24) is 10.6 Å². The highest BCUT2D eigenvalue weighted by molar-refractivity contribution is 14.0. The van der Waals surface area contributed by atoms with E-state index in [1.165, 1.54) is 5.56 Å². The third kappa shape index (κ3) is 5.36. The van der Waals surface area contributed by atoms with Crippen LogP contribution in [0.4, 0.5) is 11.4 Å². The topological polar surface area (TPSA) is 85.8 Å². The van der Waals surface area contributed by atoms with Crippen molar-refractivity contribution in [3.63, 3.8) is 0 Å². The van der Waals surface area contributed by atoms with E-state index in [0.717, 1.165) is 36.3 Å². The van der Waals surface area contributed by atoms with Gasteiger partial charge in [0.25, 0.3) is 0 Å². The number of carbonyl (C=O) groups is 2. The van der Waals surface area contributed by atoms with E-state index in [1.54, 1.807) is 7.05 Å². The number of nitrogens with zero attached hydrogens (tertiary/aromatic N) is 2. The molecule has 1 unspecified atom stereocenters. The molecule has 0 aliphatic carbocycles. The van der Waals surface area contributed by atoms with E-state index >= 15 is 0 Å². The lowest BCUT2D eigenvalue weighted by Crippen LogP contribution is -2.47. The minimum Gasteiger partial charge on any atom is -0.356 e. The summed E-state index contributed by atoms with van der Waals surface area (Å²) in [5, 5.41) is 9.30. The minimum atomic E-state index is 0. The lowest BCUT2D eigenvalue weighted by Gasteiger charge is -2.30. The van der Waals surface area contributed by atoms with Crippen LogP contribution in [0.25, 0.3) is 0 Å². The SMILES string of the molecule is CN=C(NCC(=O)N1CCCc2ccccc21)NCC1CC(=O)Nc2ccccc21.I. The molecule has 2 aromatic carbocycles. The number of carbonyl (C=O) groups excluding carboxylic acids is 2. The first-order chi connectivity index (χ1) is 14.7. The van der Waals surface area contributed by atoms with Gasteiger partial charge >= 0.3 is 0 Å². The van der Waals surface area contributed by atoms with E-state index in [4.69, 9.17) is 0 Å². The van der Waals surface area contributed by atoms with Crippen molar-refractivity contribution in [2.75, 3.05) is 36.9 Å². The van der Waals surface area contributed by atoms with Gasteiger partial charge in [-0.25, -0.2) is 0 Å². The smallest absolute Gasteiger partial charge is 0.246 e. The molecule has 31 heavy (non-hydrogen) atoms. The molecule has 7 nitrogen and oxygen atoms in total. The number of aryl methyl sites for hydroxylation is 1. The van der Waals surface area contributed by atoms with Gasteiger partial charge in [-0.1, -0.05) is 36.4 Å². The Balaban J connectivity index is 0.00000272. The Hall–Kier alpha value is -2.62. The average Bonchev–Trinajstić information content (AvgIpc) is 2.78. The maximum Gasteiger partial charge on any atom is 0.246 e. The first kappa shape index (κ1) is 23.1. The summed E-state index contributed by atoms with van der Waals surface area (Å²) in [7, 11) is 1.68. The summed E-state index contributed by atoms with van der Waals surface area (Å²) in [6.45, 7) is 1.46. The number of guanidine groups is 1. The molecule has 0 saturated heterocycles. The highest BCUT2D eigenvalue weighted by Gasteiger charge is 2.25. The lowest BCUT2D eigenvalue weighted by molar-refractivity contribution is -0.118. The van der Waals surface area contributed by atoms with E-state index in [1.807, 2.05) is 47.4 Å². The fourth-order valence-corrected chi connectivity index (χ4v) is 4.17. The summed E-state index contributed by atoms with van der Waals surface area (Å²) in [4.78, 5) is 30.9. The van der Waals surface area contributed by atoms with Crippen LogP contribution >= 0.6 is 24.0 Å². The Morgan fingerprint density at radius 2 is 1.94 bits per heavy atom. The van der Waals surface area contributed by atoms with Crippen LogP contribution in [0, 0.1) is 0 Å². The van der Waals surface area contributed by atoms with Gasteiger partial charge in [0, 0.05) is 43.9 Å². The fourth-order valence-electron chi connectivity index (χ4n) is 4.17. The fraction of sp³-hybridized carbons (Fsp3) is 0.348. The second kappa shape index (κ2) is 10.6. The van der Waals surface area contributed by atoms with Gasteiger partial charge in [-0.05, 0) is 36.1 Å². The van der Waals surface area contributed by atoms with Gasteiger partial charge < -0.3 is 20.9 Å². The van der Waals surface area contributed by atoms with Crippen LogP contribution < -0.4 is 20.9 Å². The Kier molecular flexibility index (Phi) is 7.89. The normalized spacial score (nSPS) is 17.6. The lowest BCUT2D eigenvalue weighted by atomic mass is 9.90. The molecular formula is C23H28IN5O2. The number of hydrogen-bond donors (Lipinski definition) is 3. The van der Waals surface area contributed by atoms with Crippen LogP contribution in [-0.4, -0.2) is 44.5 Å². The maximum absolute atomic E-state index is 12.8. The van der Waals surface area contributed by atoms with Crippen molar-refractivity contribution in [3.05, 3.63) is 59.7 Å². The van der Waals surface area contributed by atoms with Gasteiger partial charge in [-0.15, -0.1) is 24.0 Å². The third-order valence-electron chi connectivity index (χ3n) is 5.66. The summed E-state index contributed by atoms with van der Waals surface area (Å²) >= 11 is 0. The molecule has 0 radical (unpaired) electrons. The second-order valence-electron chi connectivity index (χ2n) is 7.62. The van der Waals surface area contributed by atoms with Crippen molar-refractivity contribution >= 4 is 53.1 Å². The summed E-state index contributed by atoms with van der Waals surface area (Å²) in [6.07, 6.45) is 2.40. The minimum absolute atomic E-state index is 0. The van der Waals surface area contributed by atoms with Crippen molar-refractivity contribution in [1.29, 1.82) is 0 Å². The van der Waals surface area contributed by atoms with Gasteiger partial charge in [-0.3, -0.25) is 14.6 Å². The third-order valence-corrected chi connectivity index (χ3v) is 5.66. The summed E-state index contributed by atoms with van der Waals surface area (Å²) in [6, 6.07) is 15.9. The van der Waals surface area contributed by atoms with Gasteiger partial charge in [0.1, 0.15) is 0 Å². The zero-order valence-electron chi connectivity index (χ0n) is 17.6. The molecule has 3 N–H and O–H groups in total. The molecule has 0 spiro atoms. The van der Waals surface area contributed by atoms with Crippen molar-refractivity contribution in [2.24, 2.45) is 4.99 Å². The molecule has 0 saturated carbocycles. The van der Waals surface area contributed by atoms with E-state index in [-0.39, 0.29) is 48.3 Å². The predicted octanol–water partition coefficient (Wildman–Crippen LogP) is 2.87. The molecule has 8 heteroatoms. The quantitative estimate of drug-likeness (QED) is 0.321. The highest BCUT2D eigenvalue weighted by atomic mass is 127. The molecule has 4 rings (SSSR count). The van der Waals surface area contributed by atoms with E-state index in [9.17, 15) is 9.59 Å². The van der Waals surface area contributed by atoms with Crippen LogP contribution in [0.2, 0.25) is 0 Å². The number of hydrogen-bond acceptors (Lipinski definition) is 3. The van der Waals surface area contributed by atoms with Gasteiger partial charge in [-0.2, -0.15) is 0 Å². The van der Waals surface area contributed by atoms with E-state index < -0.39 is 0 Å². The second-order valence-corrected chi connectivity index (χ2v) is 7.62. The molecule has 2 aromatic rings. The number of para-hydroxylation sites is 2. The Labute approximate surface area is 199 Å². The number of rotatable bonds is 4. The highest BCUT2D eigenvalue weighted by Crippen LogP contribution is 2.31. The van der Waals surface area contributed by atoms with Crippen LogP contribution in [0.3, 0.4) is 0 Å². The number of aliphatic imine (C=N–C) groups is 1. The van der Waals surface area contributed by atoms with Crippen molar-refractivity contribution < 1.29 is 9.59 Å². The standard InChI is InChI=1S/C23H27N5O2.HI/c1-24-23(25-14-17-13-21(29)27-19-10-4-3-9-18(17)19)26-15-22(30)28-12-6-8-16-7-2-5-11-20(16)28;/h2-5,7,9-11,17H,6,8,12-15H2,1H3,(H,27,29)(H2,24,25,26);1H. The number of nitrogens with one attached hydrogen (secondary N) is 3. The summed E-state index contributed by atoms with van der Waals surface area (Å²) in [5.41, 5.74) is 4.20. The first-order valence-electron chi connectivity index (χ1n) is 10.4. The molecule has 2 amide bonds. The first-order valence-corrected chi connectivity index (χ1v) is 10.4. The molecule has 2 aliphatic rings. The molecule has 0 aromatic heterocycles. The number of anilines is 2. The molecular weight excluding hydrogens is 505 g/mol. The molecule has 2 heterocycles.